The van der Waals surface area contributed by atoms with Crippen LogP contribution in [0.2, 0.25) is 0 Å². The zero-order chi connectivity index (χ0) is 14.5. The average molecular weight is 297 g/mol. The maximum Gasteiger partial charge on any atom is 0.365 e. The highest BCUT2D eigenvalue weighted by Crippen LogP contribution is 2.52. The van der Waals surface area contributed by atoms with E-state index in [1.54, 1.807) is 13.0 Å². The lowest BCUT2D eigenvalue weighted by atomic mass is 10.1. The Labute approximate surface area is 113 Å². The van der Waals surface area contributed by atoms with E-state index < -0.39 is 7.60 Å². The molecule has 20 heavy (non-hydrogen) atoms. The van der Waals surface area contributed by atoms with Crippen molar-refractivity contribution >= 4 is 34.8 Å². The van der Waals surface area contributed by atoms with Crippen LogP contribution < -0.4 is 5.30 Å². The van der Waals surface area contributed by atoms with E-state index in [0.717, 1.165) is 0 Å². The van der Waals surface area contributed by atoms with Gasteiger partial charge in [0.25, 0.3) is 0 Å². The van der Waals surface area contributed by atoms with Gasteiger partial charge in [-0.15, -0.1) is 0 Å². The van der Waals surface area contributed by atoms with Crippen molar-refractivity contribution in [3.8, 4) is 5.75 Å². The summed E-state index contributed by atoms with van der Waals surface area (Å²) >= 11 is 0. The number of aromatic hydroxyl groups is 1. The first-order chi connectivity index (χ1) is 9.53. The molecule has 0 unspecified atom stereocenters. The predicted octanol–water partition coefficient (Wildman–Crippen LogP) is 2.70. The molecule has 0 atom stereocenters. The highest BCUT2D eigenvalue weighted by atomic mass is 31.2. The molecule has 2 heterocycles. The van der Waals surface area contributed by atoms with Crippen LogP contribution in [-0.2, 0) is 13.6 Å². The van der Waals surface area contributed by atoms with Crippen LogP contribution in [0.3, 0.4) is 0 Å². The minimum absolute atomic E-state index is 0.00120. The average Bonchev–Trinajstić information content (AvgIpc) is 3.06. The number of phenols is 1. The van der Waals surface area contributed by atoms with Gasteiger partial charge in [0.2, 0.25) is 0 Å². The first-order valence-corrected chi connectivity index (χ1v) is 7.28. The highest BCUT2D eigenvalue weighted by molar-refractivity contribution is 7.63. The molecule has 3 rings (SSSR count). The number of aromatic nitrogens is 1. The van der Waals surface area contributed by atoms with Gasteiger partial charge in [0.05, 0.1) is 22.7 Å². The number of furan rings is 1. The monoisotopic (exact) mass is 297 g/mol. The Balaban J connectivity index is 2.59. The normalized spacial score (nSPS) is 12.6. The Hall–Kier alpha value is -1.82. The third-order valence-corrected chi connectivity index (χ3v) is 5.15. The lowest BCUT2D eigenvalue weighted by molar-refractivity contribution is 0.286. The maximum absolute atomic E-state index is 12.7. The third kappa shape index (κ3) is 1.54. The number of benzene rings is 1. The van der Waals surface area contributed by atoms with Gasteiger partial charge >= 0.3 is 7.60 Å². The Morgan fingerprint density at radius 3 is 2.65 bits per heavy atom. The molecule has 0 radical (unpaired) electrons. The van der Waals surface area contributed by atoms with Crippen LogP contribution in [0.4, 0.5) is 0 Å². The molecule has 0 bridgehead atoms. The van der Waals surface area contributed by atoms with Crippen molar-refractivity contribution in [2.24, 2.45) is 0 Å². The first kappa shape index (κ1) is 13.2. The molecular weight excluding hydrogens is 285 g/mol. The van der Waals surface area contributed by atoms with E-state index in [-0.39, 0.29) is 16.6 Å². The van der Waals surface area contributed by atoms with Gasteiger partial charge in [-0.3, -0.25) is 4.57 Å². The Bertz CT molecular complexity index is 840. The largest absolute Gasteiger partial charge is 0.504 e. The summed E-state index contributed by atoms with van der Waals surface area (Å²) in [7, 11) is -1.22. The Morgan fingerprint density at radius 1 is 1.30 bits per heavy atom. The smallest absolute Gasteiger partial charge is 0.365 e. The fraction of sp³-hybridized carbons (Fsp3) is 0.250. The fourth-order valence-corrected chi connectivity index (χ4v) is 3.67. The van der Waals surface area contributed by atoms with Crippen molar-refractivity contribution in [1.29, 1.82) is 0 Å². The second-order valence-electron chi connectivity index (χ2n) is 4.20. The number of rotatable bonds is 3. The molecule has 1 aromatic carbocycles. The molecule has 7 nitrogen and oxygen atoms in total. The highest BCUT2D eigenvalue weighted by Gasteiger charge is 2.35. The molecule has 1 N–H and O–H groups in total. The second-order valence-corrected chi connectivity index (χ2v) is 6.37. The van der Waals surface area contributed by atoms with Gasteiger partial charge in [0, 0.05) is 14.2 Å². The van der Waals surface area contributed by atoms with Gasteiger partial charge in [-0.25, -0.2) is 0 Å². The molecule has 0 saturated carbocycles. The lowest BCUT2D eigenvalue weighted by Gasteiger charge is -2.16. The molecule has 3 aromatic rings. The molecule has 0 saturated heterocycles. The predicted molar refractivity (Wildman–Crippen MR) is 71.4 cm³/mol. The van der Waals surface area contributed by atoms with Crippen LogP contribution in [-0.4, -0.2) is 24.5 Å². The minimum atomic E-state index is -3.70. The van der Waals surface area contributed by atoms with Crippen molar-refractivity contribution in [1.82, 2.24) is 5.16 Å². The third-order valence-electron chi connectivity index (χ3n) is 3.20. The van der Waals surface area contributed by atoms with E-state index in [1.165, 1.54) is 20.5 Å². The lowest BCUT2D eigenvalue weighted by Crippen LogP contribution is -2.10. The summed E-state index contributed by atoms with van der Waals surface area (Å²) in [6.45, 7) is 1.68. The summed E-state index contributed by atoms with van der Waals surface area (Å²) in [5.41, 5.74) is 0.995. The first-order valence-electron chi connectivity index (χ1n) is 5.73. The number of aryl methyl sites for hydroxylation is 1. The summed E-state index contributed by atoms with van der Waals surface area (Å²) in [4.78, 5) is 0. The minimum Gasteiger partial charge on any atom is -0.504 e. The second kappa shape index (κ2) is 4.34. The zero-order valence-corrected chi connectivity index (χ0v) is 11.9. The molecule has 8 heteroatoms. The molecule has 0 spiro atoms. The summed E-state index contributed by atoms with van der Waals surface area (Å²) in [6.07, 6.45) is 1.40. The van der Waals surface area contributed by atoms with Crippen LogP contribution in [0.25, 0.3) is 21.9 Å². The van der Waals surface area contributed by atoms with Crippen LogP contribution in [0, 0.1) is 6.92 Å². The van der Waals surface area contributed by atoms with Gasteiger partial charge in [0.1, 0.15) is 5.30 Å². The molecule has 106 valence electrons. The van der Waals surface area contributed by atoms with E-state index in [9.17, 15) is 9.67 Å². The Kier molecular flexibility index (Phi) is 2.86. The van der Waals surface area contributed by atoms with E-state index in [2.05, 4.69) is 5.16 Å². The number of hydrogen-bond donors (Lipinski definition) is 1. The van der Waals surface area contributed by atoms with Crippen LogP contribution >= 0.6 is 7.60 Å². The zero-order valence-electron chi connectivity index (χ0n) is 11.0. The molecule has 2 aromatic heterocycles. The number of hydrogen-bond acceptors (Lipinski definition) is 7. The summed E-state index contributed by atoms with van der Waals surface area (Å²) in [5, 5.41) is 15.2. The summed E-state index contributed by atoms with van der Waals surface area (Å²) < 4.78 is 33.1. The molecule has 0 aliphatic heterocycles. The SMILES string of the molecule is COP(=O)(OC)c1c(O)c2occc2c2onc(C)c12. The van der Waals surface area contributed by atoms with Crippen molar-refractivity contribution in [3.63, 3.8) is 0 Å². The van der Waals surface area contributed by atoms with E-state index >= 15 is 0 Å². The fourth-order valence-electron chi connectivity index (χ4n) is 2.25. The van der Waals surface area contributed by atoms with E-state index in [1.807, 2.05) is 0 Å². The summed E-state index contributed by atoms with van der Waals surface area (Å²) in [6, 6.07) is 1.64. The molecule has 0 aliphatic rings. The quantitative estimate of drug-likeness (QED) is 0.742. The molecular formula is C12H12NO6P. The van der Waals surface area contributed by atoms with Crippen molar-refractivity contribution in [3.05, 3.63) is 18.0 Å². The van der Waals surface area contributed by atoms with Crippen LogP contribution in [0.15, 0.2) is 21.3 Å². The number of fused-ring (bicyclic) bond motifs is 3. The van der Waals surface area contributed by atoms with Crippen LogP contribution in [0.5, 0.6) is 5.75 Å². The van der Waals surface area contributed by atoms with Gasteiger partial charge in [-0.2, -0.15) is 0 Å². The molecule has 0 aliphatic carbocycles. The number of phenolic OH excluding ortho intramolecular Hbond substituents is 1. The van der Waals surface area contributed by atoms with Gasteiger partial charge in [-0.1, -0.05) is 5.16 Å². The van der Waals surface area contributed by atoms with Crippen molar-refractivity contribution in [2.75, 3.05) is 14.2 Å². The van der Waals surface area contributed by atoms with Gasteiger partial charge in [0.15, 0.2) is 16.9 Å². The topological polar surface area (TPSA) is 94.9 Å². The van der Waals surface area contributed by atoms with Crippen molar-refractivity contribution < 1.29 is 27.7 Å². The van der Waals surface area contributed by atoms with E-state index in [4.69, 9.17) is 18.0 Å². The molecule has 0 amide bonds. The molecule has 0 fully saturated rings. The number of nitrogens with zero attached hydrogens (tertiary/aromatic N) is 1. The van der Waals surface area contributed by atoms with Gasteiger partial charge < -0.3 is 23.1 Å². The maximum atomic E-state index is 12.7. The van der Waals surface area contributed by atoms with E-state index in [0.29, 0.717) is 22.0 Å². The summed E-state index contributed by atoms with van der Waals surface area (Å²) in [5.74, 6) is -0.296. The van der Waals surface area contributed by atoms with Crippen molar-refractivity contribution in [2.45, 2.75) is 6.92 Å². The van der Waals surface area contributed by atoms with Crippen LogP contribution in [0.1, 0.15) is 5.69 Å². The standard InChI is InChI=1S/C12H12NO6P/c1-6-8-10(19-13-6)7-4-5-18-11(7)9(14)12(8)20(15,16-2)17-3/h4-5,14H,1-3H3. The van der Waals surface area contributed by atoms with Gasteiger partial charge in [-0.05, 0) is 13.0 Å². The Morgan fingerprint density at radius 2 is 2.00 bits per heavy atom.